The molecule has 0 aromatic heterocycles. The first-order valence-electron chi connectivity index (χ1n) is 4.59. The topological polar surface area (TPSA) is 18.5 Å². The number of methoxy groups -OCH3 is 1. The lowest BCUT2D eigenvalue weighted by Crippen LogP contribution is -2.31. The van der Waals surface area contributed by atoms with Crippen LogP contribution in [0.25, 0.3) is 0 Å². The summed E-state index contributed by atoms with van der Waals surface area (Å²) in [6.07, 6.45) is 0.900. The second kappa shape index (κ2) is 3.46. The van der Waals surface area contributed by atoms with Gasteiger partial charge in [0.05, 0.1) is 7.11 Å². The molecular formula is C11H13BrO2. The van der Waals surface area contributed by atoms with E-state index in [1.54, 1.807) is 7.11 Å². The first-order valence-corrected chi connectivity index (χ1v) is 5.71. The van der Waals surface area contributed by atoms with Gasteiger partial charge in [0, 0.05) is 17.3 Å². The largest absolute Gasteiger partial charge is 0.496 e. The summed E-state index contributed by atoms with van der Waals surface area (Å²) in [6, 6.07) is 5.92. The van der Waals surface area contributed by atoms with E-state index in [9.17, 15) is 0 Å². The lowest BCUT2D eigenvalue weighted by Gasteiger charge is -2.20. The highest BCUT2D eigenvalue weighted by Crippen LogP contribution is 2.40. The number of fused-ring (bicyclic) bond motifs is 1. The molecule has 0 saturated heterocycles. The molecule has 1 aromatic carbocycles. The molecule has 14 heavy (non-hydrogen) atoms. The minimum Gasteiger partial charge on any atom is -0.496 e. The molecule has 76 valence electrons. The monoisotopic (exact) mass is 256 g/mol. The summed E-state index contributed by atoms with van der Waals surface area (Å²) in [4.78, 5) is 0. The minimum absolute atomic E-state index is 0.128. The van der Waals surface area contributed by atoms with Crippen molar-refractivity contribution >= 4 is 15.9 Å². The molecule has 0 aliphatic carbocycles. The molecule has 0 radical (unpaired) electrons. The second-order valence-electron chi connectivity index (χ2n) is 3.80. The maximum absolute atomic E-state index is 5.86. The van der Waals surface area contributed by atoms with Crippen molar-refractivity contribution in [2.75, 3.05) is 12.4 Å². The smallest absolute Gasteiger partial charge is 0.127 e. The summed E-state index contributed by atoms with van der Waals surface area (Å²) < 4.78 is 11.2. The number of rotatable bonds is 2. The molecule has 0 bridgehead atoms. The predicted octanol–water partition coefficient (Wildman–Crippen LogP) is 2.78. The van der Waals surface area contributed by atoms with Crippen LogP contribution in [0.2, 0.25) is 0 Å². The summed E-state index contributed by atoms with van der Waals surface area (Å²) in [5.41, 5.74) is 1.05. The Morgan fingerprint density at radius 3 is 3.00 bits per heavy atom. The summed E-state index contributed by atoms with van der Waals surface area (Å²) in [5.74, 6) is 1.87. The van der Waals surface area contributed by atoms with Gasteiger partial charge in [-0.3, -0.25) is 0 Å². The van der Waals surface area contributed by atoms with Crippen molar-refractivity contribution in [3.8, 4) is 11.5 Å². The lowest BCUT2D eigenvalue weighted by atomic mass is 10.0. The standard InChI is InChI=1S/C11H13BrO2/c1-11(7-12)6-8-9(13-2)4-3-5-10(8)14-11/h3-5H,6-7H2,1-2H3. The molecule has 0 fully saturated rings. The highest BCUT2D eigenvalue weighted by Gasteiger charge is 2.35. The Labute approximate surface area is 92.3 Å². The van der Waals surface area contributed by atoms with E-state index in [0.717, 1.165) is 23.2 Å². The van der Waals surface area contributed by atoms with Gasteiger partial charge in [-0.2, -0.15) is 0 Å². The molecule has 1 heterocycles. The SMILES string of the molecule is COc1cccc2c1CC(C)(CBr)O2. The third kappa shape index (κ3) is 1.50. The molecule has 1 aromatic rings. The van der Waals surface area contributed by atoms with E-state index in [2.05, 4.69) is 22.9 Å². The molecule has 2 nitrogen and oxygen atoms in total. The van der Waals surface area contributed by atoms with Crippen molar-refractivity contribution in [2.24, 2.45) is 0 Å². The summed E-state index contributed by atoms with van der Waals surface area (Å²) >= 11 is 3.47. The summed E-state index contributed by atoms with van der Waals surface area (Å²) in [5, 5.41) is 0.831. The van der Waals surface area contributed by atoms with Crippen LogP contribution >= 0.6 is 15.9 Å². The van der Waals surface area contributed by atoms with Crippen molar-refractivity contribution in [3.63, 3.8) is 0 Å². The van der Waals surface area contributed by atoms with Gasteiger partial charge in [0.25, 0.3) is 0 Å². The average Bonchev–Trinajstić information content (AvgIpc) is 2.54. The Morgan fingerprint density at radius 1 is 1.57 bits per heavy atom. The molecule has 0 spiro atoms. The third-order valence-electron chi connectivity index (χ3n) is 2.50. The van der Waals surface area contributed by atoms with E-state index in [4.69, 9.17) is 9.47 Å². The van der Waals surface area contributed by atoms with E-state index in [1.807, 2.05) is 18.2 Å². The fourth-order valence-electron chi connectivity index (χ4n) is 1.76. The Morgan fingerprint density at radius 2 is 2.36 bits per heavy atom. The van der Waals surface area contributed by atoms with Crippen molar-refractivity contribution in [1.29, 1.82) is 0 Å². The second-order valence-corrected chi connectivity index (χ2v) is 4.36. The predicted molar refractivity (Wildman–Crippen MR) is 59.5 cm³/mol. The van der Waals surface area contributed by atoms with Gasteiger partial charge in [-0.25, -0.2) is 0 Å². The van der Waals surface area contributed by atoms with Crippen LogP contribution in [0.1, 0.15) is 12.5 Å². The van der Waals surface area contributed by atoms with Crippen LogP contribution in [0.3, 0.4) is 0 Å². The Bertz CT molecular complexity index is 351. The average molecular weight is 257 g/mol. The number of alkyl halides is 1. The van der Waals surface area contributed by atoms with Gasteiger partial charge < -0.3 is 9.47 Å². The van der Waals surface area contributed by atoms with Crippen LogP contribution < -0.4 is 9.47 Å². The number of halogens is 1. The van der Waals surface area contributed by atoms with Crippen LogP contribution in [-0.4, -0.2) is 18.0 Å². The molecule has 1 aliphatic heterocycles. The number of hydrogen-bond acceptors (Lipinski definition) is 2. The van der Waals surface area contributed by atoms with Crippen molar-refractivity contribution in [1.82, 2.24) is 0 Å². The van der Waals surface area contributed by atoms with Crippen LogP contribution in [0, 0.1) is 0 Å². The Balaban J connectivity index is 2.39. The quantitative estimate of drug-likeness (QED) is 0.758. The van der Waals surface area contributed by atoms with Gasteiger partial charge in [-0.1, -0.05) is 22.0 Å². The van der Waals surface area contributed by atoms with Gasteiger partial charge in [-0.15, -0.1) is 0 Å². The van der Waals surface area contributed by atoms with E-state index in [1.165, 1.54) is 5.56 Å². The molecule has 3 heteroatoms. The maximum Gasteiger partial charge on any atom is 0.127 e. The van der Waals surface area contributed by atoms with E-state index >= 15 is 0 Å². The lowest BCUT2D eigenvalue weighted by molar-refractivity contribution is 0.145. The highest BCUT2D eigenvalue weighted by molar-refractivity contribution is 9.09. The van der Waals surface area contributed by atoms with Crippen LogP contribution in [0.4, 0.5) is 0 Å². The Kier molecular flexibility index (Phi) is 2.43. The van der Waals surface area contributed by atoms with E-state index in [-0.39, 0.29) is 5.60 Å². The highest BCUT2D eigenvalue weighted by atomic mass is 79.9. The molecule has 1 unspecified atom stereocenters. The first kappa shape index (κ1) is 9.84. The Hall–Kier alpha value is -0.700. The molecular weight excluding hydrogens is 244 g/mol. The van der Waals surface area contributed by atoms with E-state index < -0.39 is 0 Å². The third-order valence-corrected chi connectivity index (χ3v) is 3.69. The number of hydrogen-bond donors (Lipinski definition) is 0. The first-order chi connectivity index (χ1) is 6.68. The van der Waals surface area contributed by atoms with Crippen molar-refractivity contribution in [3.05, 3.63) is 23.8 Å². The van der Waals surface area contributed by atoms with Gasteiger partial charge in [0.15, 0.2) is 0 Å². The minimum atomic E-state index is -0.128. The van der Waals surface area contributed by atoms with Gasteiger partial charge in [0.1, 0.15) is 17.1 Å². The van der Waals surface area contributed by atoms with Crippen molar-refractivity contribution in [2.45, 2.75) is 18.9 Å². The maximum atomic E-state index is 5.86. The molecule has 0 amide bonds. The number of ether oxygens (including phenoxy) is 2. The zero-order chi connectivity index (χ0) is 10.2. The zero-order valence-electron chi connectivity index (χ0n) is 8.34. The van der Waals surface area contributed by atoms with E-state index in [0.29, 0.717) is 0 Å². The molecule has 0 N–H and O–H groups in total. The molecule has 0 saturated carbocycles. The molecule has 1 aliphatic rings. The number of benzene rings is 1. The normalized spacial score (nSPS) is 24.2. The van der Waals surface area contributed by atoms with Gasteiger partial charge in [0.2, 0.25) is 0 Å². The van der Waals surface area contributed by atoms with Gasteiger partial charge >= 0.3 is 0 Å². The zero-order valence-corrected chi connectivity index (χ0v) is 9.93. The van der Waals surface area contributed by atoms with Crippen LogP contribution in [-0.2, 0) is 6.42 Å². The van der Waals surface area contributed by atoms with Gasteiger partial charge in [-0.05, 0) is 19.1 Å². The molecule has 2 rings (SSSR count). The fourth-order valence-corrected chi connectivity index (χ4v) is 2.07. The van der Waals surface area contributed by atoms with Crippen molar-refractivity contribution < 1.29 is 9.47 Å². The summed E-state index contributed by atoms with van der Waals surface area (Å²) in [7, 11) is 1.69. The van der Waals surface area contributed by atoms with Crippen LogP contribution in [0.5, 0.6) is 11.5 Å². The fraction of sp³-hybridized carbons (Fsp3) is 0.455. The molecule has 1 atom stereocenters. The summed E-state index contributed by atoms with van der Waals surface area (Å²) in [6.45, 7) is 2.10. The van der Waals surface area contributed by atoms with Crippen LogP contribution in [0.15, 0.2) is 18.2 Å².